The molecule has 0 fully saturated rings. The van der Waals surface area contributed by atoms with Crippen molar-refractivity contribution in [2.75, 3.05) is 0 Å². The van der Waals surface area contributed by atoms with Crippen molar-refractivity contribution in [1.82, 2.24) is 0 Å². The van der Waals surface area contributed by atoms with Gasteiger partial charge >= 0.3 is 0 Å². The summed E-state index contributed by atoms with van der Waals surface area (Å²) >= 11 is 0. The van der Waals surface area contributed by atoms with E-state index < -0.39 is 8.07 Å². The topological polar surface area (TPSA) is 17.1 Å². The van der Waals surface area contributed by atoms with Crippen molar-refractivity contribution >= 4 is 14.4 Å². The molecule has 0 aromatic carbocycles. The van der Waals surface area contributed by atoms with Crippen LogP contribution >= 0.6 is 0 Å². The minimum Gasteiger partial charge on any atom is -0.303 e. The predicted octanol–water partition coefficient (Wildman–Crippen LogP) is 2.65. The van der Waals surface area contributed by atoms with Crippen molar-refractivity contribution in [2.45, 2.75) is 33.0 Å². The molecule has 0 bridgehead atoms. The molecule has 0 spiro atoms. The first-order valence-electron chi connectivity index (χ1n) is 4.58. The number of rotatable bonds is 3. The normalized spacial score (nSPS) is 13.5. The number of hydrogen-bond donors (Lipinski definition) is 0. The Balaban J connectivity index is 3.98. The van der Waals surface area contributed by atoms with Crippen LogP contribution in [0.25, 0.3) is 0 Å². The Labute approximate surface area is 82.2 Å². The van der Waals surface area contributed by atoms with E-state index in [0.29, 0.717) is 12.3 Å². The molecular weight excluding hydrogens is 176 g/mol. The largest absolute Gasteiger partial charge is 0.303 e. The first-order valence-corrected chi connectivity index (χ1v) is 8.08. The monoisotopic (exact) mass is 194 g/mol. The lowest BCUT2D eigenvalue weighted by Gasteiger charge is -2.02. The standard InChI is InChI=1S/C11H18OSi/c1-11(8-9-12)7-5-6-10-13(2,3)4/h5,7,9,11H,8H2,1-4H3/b7-5-. The van der Waals surface area contributed by atoms with E-state index in [2.05, 4.69) is 31.1 Å². The van der Waals surface area contributed by atoms with E-state index in [-0.39, 0.29) is 0 Å². The highest BCUT2D eigenvalue weighted by Gasteiger charge is 2.06. The number of aldehydes is 1. The molecule has 1 unspecified atom stereocenters. The van der Waals surface area contributed by atoms with Crippen LogP contribution in [-0.2, 0) is 4.79 Å². The van der Waals surface area contributed by atoms with Crippen LogP contribution in [0, 0.1) is 17.4 Å². The summed E-state index contributed by atoms with van der Waals surface area (Å²) in [7, 11) is -1.23. The van der Waals surface area contributed by atoms with Gasteiger partial charge in [-0.15, -0.1) is 5.54 Å². The molecule has 0 N–H and O–H groups in total. The molecular formula is C11H18OSi. The van der Waals surface area contributed by atoms with Crippen LogP contribution in [0.3, 0.4) is 0 Å². The van der Waals surface area contributed by atoms with Crippen molar-refractivity contribution in [1.29, 1.82) is 0 Å². The molecule has 0 rings (SSSR count). The first kappa shape index (κ1) is 12.2. The highest BCUT2D eigenvalue weighted by atomic mass is 28.3. The van der Waals surface area contributed by atoms with E-state index in [1.165, 1.54) is 0 Å². The summed E-state index contributed by atoms with van der Waals surface area (Å²) < 4.78 is 0. The number of carbonyl (C=O) groups is 1. The molecule has 72 valence electrons. The zero-order valence-electron chi connectivity index (χ0n) is 8.92. The lowest BCUT2D eigenvalue weighted by Crippen LogP contribution is -2.16. The van der Waals surface area contributed by atoms with Crippen LogP contribution < -0.4 is 0 Å². The maximum absolute atomic E-state index is 10.1. The predicted molar refractivity (Wildman–Crippen MR) is 60.1 cm³/mol. The third kappa shape index (κ3) is 9.10. The molecule has 0 aromatic rings. The smallest absolute Gasteiger partial charge is 0.129 e. The summed E-state index contributed by atoms with van der Waals surface area (Å²) in [5.41, 5.74) is 3.23. The van der Waals surface area contributed by atoms with Gasteiger partial charge in [0.15, 0.2) is 0 Å². The quantitative estimate of drug-likeness (QED) is 0.383. The molecule has 0 aliphatic rings. The van der Waals surface area contributed by atoms with Crippen molar-refractivity contribution in [3.05, 3.63) is 12.2 Å². The molecule has 0 heterocycles. The van der Waals surface area contributed by atoms with Gasteiger partial charge in [0.2, 0.25) is 0 Å². The Morgan fingerprint density at radius 2 is 2.00 bits per heavy atom. The second-order valence-electron chi connectivity index (χ2n) is 4.26. The molecule has 2 heteroatoms. The molecule has 0 aromatic heterocycles. The molecule has 0 radical (unpaired) electrons. The number of hydrogen-bond acceptors (Lipinski definition) is 1. The van der Waals surface area contributed by atoms with Crippen LogP contribution in [0.15, 0.2) is 12.2 Å². The van der Waals surface area contributed by atoms with Gasteiger partial charge in [-0.1, -0.05) is 38.6 Å². The summed E-state index contributed by atoms with van der Waals surface area (Å²) in [6.45, 7) is 8.65. The molecule has 13 heavy (non-hydrogen) atoms. The van der Waals surface area contributed by atoms with Gasteiger partial charge in [-0.25, -0.2) is 0 Å². The SMILES string of the molecule is CC(/C=C\C#C[Si](C)(C)C)CC=O. The Morgan fingerprint density at radius 1 is 1.38 bits per heavy atom. The van der Waals surface area contributed by atoms with Gasteiger partial charge in [0.1, 0.15) is 14.4 Å². The Kier molecular flexibility index (Phi) is 5.41. The zero-order chi connectivity index (χ0) is 10.3. The third-order valence-corrected chi connectivity index (χ3v) is 2.32. The van der Waals surface area contributed by atoms with Crippen molar-refractivity contribution in [2.24, 2.45) is 5.92 Å². The second kappa shape index (κ2) is 5.77. The minimum absolute atomic E-state index is 0.313. The molecule has 0 saturated carbocycles. The van der Waals surface area contributed by atoms with Crippen LogP contribution in [0.4, 0.5) is 0 Å². The van der Waals surface area contributed by atoms with Gasteiger partial charge < -0.3 is 4.79 Å². The van der Waals surface area contributed by atoms with Gasteiger partial charge in [-0.2, -0.15) is 0 Å². The van der Waals surface area contributed by atoms with Crippen LogP contribution in [0.5, 0.6) is 0 Å². The summed E-state index contributed by atoms with van der Waals surface area (Å²) in [4.78, 5) is 10.1. The van der Waals surface area contributed by atoms with Crippen molar-refractivity contribution in [3.63, 3.8) is 0 Å². The number of allylic oxidation sites excluding steroid dienone is 2. The molecule has 1 nitrogen and oxygen atoms in total. The Bertz CT molecular complexity index is 237. The average molecular weight is 194 g/mol. The maximum Gasteiger partial charge on any atom is 0.129 e. The second-order valence-corrected chi connectivity index (χ2v) is 9.01. The fourth-order valence-corrected chi connectivity index (χ4v) is 1.22. The fraction of sp³-hybridized carbons (Fsp3) is 0.545. The van der Waals surface area contributed by atoms with Crippen LogP contribution in [0.1, 0.15) is 13.3 Å². The summed E-state index contributed by atoms with van der Waals surface area (Å²) in [5.74, 6) is 3.34. The van der Waals surface area contributed by atoms with Gasteiger partial charge in [-0.05, 0) is 12.0 Å². The van der Waals surface area contributed by atoms with E-state index in [1.807, 2.05) is 19.1 Å². The molecule has 1 atom stereocenters. The van der Waals surface area contributed by atoms with Crippen LogP contribution in [0.2, 0.25) is 19.6 Å². The number of carbonyl (C=O) groups excluding carboxylic acids is 1. The molecule has 0 saturated heterocycles. The molecule has 0 aliphatic heterocycles. The first-order chi connectivity index (χ1) is 5.95. The van der Waals surface area contributed by atoms with Gasteiger partial charge in [0.05, 0.1) is 0 Å². The van der Waals surface area contributed by atoms with E-state index in [1.54, 1.807) is 0 Å². The highest BCUT2D eigenvalue weighted by Crippen LogP contribution is 2.00. The van der Waals surface area contributed by atoms with E-state index in [4.69, 9.17) is 0 Å². The Morgan fingerprint density at radius 3 is 2.46 bits per heavy atom. The molecule has 0 aliphatic carbocycles. The highest BCUT2D eigenvalue weighted by molar-refractivity contribution is 6.83. The van der Waals surface area contributed by atoms with Gasteiger partial charge in [0.25, 0.3) is 0 Å². The average Bonchev–Trinajstić information content (AvgIpc) is 1.97. The van der Waals surface area contributed by atoms with E-state index >= 15 is 0 Å². The Hall–Kier alpha value is -0.813. The fourth-order valence-electron chi connectivity index (χ4n) is 0.701. The maximum atomic E-state index is 10.1. The summed E-state index contributed by atoms with van der Waals surface area (Å²) in [6.07, 6.45) is 5.39. The summed E-state index contributed by atoms with van der Waals surface area (Å²) in [6, 6.07) is 0. The summed E-state index contributed by atoms with van der Waals surface area (Å²) in [5, 5.41) is 0. The van der Waals surface area contributed by atoms with Crippen molar-refractivity contribution < 1.29 is 4.79 Å². The lowest BCUT2D eigenvalue weighted by atomic mass is 10.1. The third-order valence-electron chi connectivity index (χ3n) is 1.42. The van der Waals surface area contributed by atoms with Gasteiger partial charge in [0, 0.05) is 6.42 Å². The molecule has 0 amide bonds. The van der Waals surface area contributed by atoms with E-state index in [0.717, 1.165) is 6.29 Å². The van der Waals surface area contributed by atoms with Gasteiger partial charge in [-0.3, -0.25) is 0 Å². The van der Waals surface area contributed by atoms with Crippen LogP contribution in [-0.4, -0.2) is 14.4 Å². The zero-order valence-corrected chi connectivity index (χ0v) is 9.92. The minimum atomic E-state index is -1.23. The van der Waals surface area contributed by atoms with Crippen molar-refractivity contribution in [3.8, 4) is 11.5 Å². The lowest BCUT2D eigenvalue weighted by molar-refractivity contribution is -0.108. The van der Waals surface area contributed by atoms with E-state index in [9.17, 15) is 4.79 Å².